The van der Waals surface area contributed by atoms with Crippen molar-refractivity contribution in [2.45, 2.75) is 12.8 Å². The zero-order chi connectivity index (χ0) is 19.4. The molecule has 4 nitrogen and oxygen atoms in total. The summed E-state index contributed by atoms with van der Waals surface area (Å²) in [4.78, 5) is 28.5. The SMILES string of the molecule is O=C(Cc1ccc(Cl)cc1Cl)N1CCCN(C(=O)c2ccccc2F)CC1. The molecule has 0 aromatic heterocycles. The van der Waals surface area contributed by atoms with Gasteiger partial charge in [-0.1, -0.05) is 41.4 Å². The van der Waals surface area contributed by atoms with Crippen molar-refractivity contribution in [3.8, 4) is 0 Å². The number of rotatable bonds is 3. The van der Waals surface area contributed by atoms with Gasteiger partial charge in [0.25, 0.3) is 5.91 Å². The van der Waals surface area contributed by atoms with E-state index in [1.54, 1.807) is 40.1 Å². The van der Waals surface area contributed by atoms with Crippen molar-refractivity contribution in [2.24, 2.45) is 0 Å². The van der Waals surface area contributed by atoms with E-state index in [9.17, 15) is 14.0 Å². The van der Waals surface area contributed by atoms with Crippen LogP contribution >= 0.6 is 23.2 Å². The molecule has 0 bridgehead atoms. The van der Waals surface area contributed by atoms with Crippen LogP contribution in [0.2, 0.25) is 10.0 Å². The largest absolute Gasteiger partial charge is 0.341 e. The maximum Gasteiger partial charge on any atom is 0.256 e. The van der Waals surface area contributed by atoms with Crippen molar-refractivity contribution < 1.29 is 14.0 Å². The predicted octanol–water partition coefficient (Wildman–Crippen LogP) is 4.05. The topological polar surface area (TPSA) is 40.6 Å². The second-order valence-corrected chi connectivity index (χ2v) is 7.26. The maximum atomic E-state index is 13.9. The fraction of sp³-hybridized carbons (Fsp3) is 0.300. The van der Waals surface area contributed by atoms with Crippen LogP contribution in [0.5, 0.6) is 0 Å². The third kappa shape index (κ3) is 4.79. The van der Waals surface area contributed by atoms with Gasteiger partial charge >= 0.3 is 0 Å². The van der Waals surface area contributed by atoms with E-state index < -0.39 is 5.82 Å². The molecule has 0 aliphatic carbocycles. The molecule has 2 aromatic rings. The van der Waals surface area contributed by atoms with E-state index in [4.69, 9.17) is 23.2 Å². The zero-order valence-electron chi connectivity index (χ0n) is 14.6. The Hall–Kier alpha value is -2.11. The molecule has 0 N–H and O–H groups in total. The summed E-state index contributed by atoms with van der Waals surface area (Å²) in [7, 11) is 0. The Morgan fingerprint density at radius 2 is 1.67 bits per heavy atom. The van der Waals surface area contributed by atoms with Gasteiger partial charge < -0.3 is 9.80 Å². The first-order chi connectivity index (χ1) is 13.0. The summed E-state index contributed by atoms with van der Waals surface area (Å²) in [5.41, 5.74) is 0.778. The van der Waals surface area contributed by atoms with Gasteiger partial charge in [-0.25, -0.2) is 4.39 Å². The maximum absolute atomic E-state index is 13.9. The first-order valence-corrected chi connectivity index (χ1v) is 9.47. The average Bonchev–Trinajstić information content (AvgIpc) is 2.90. The monoisotopic (exact) mass is 408 g/mol. The van der Waals surface area contributed by atoms with E-state index in [1.807, 2.05) is 0 Å². The summed E-state index contributed by atoms with van der Waals surface area (Å²) in [5, 5.41) is 0.982. The number of carbonyl (C=O) groups excluding carboxylic acids is 2. The molecule has 142 valence electrons. The van der Waals surface area contributed by atoms with E-state index in [1.165, 1.54) is 12.1 Å². The van der Waals surface area contributed by atoms with Crippen molar-refractivity contribution in [3.63, 3.8) is 0 Å². The van der Waals surface area contributed by atoms with Crippen LogP contribution in [0.1, 0.15) is 22.3 Å². The minimum atomic E-state index is -0.531. The van der Waals surface area contributed by atoms with Gasteiger partial charge in [0, 0.05) is 36.2 Å². The van der Waals surface area contributed by atoms with Gasteiger partial charge in [0.2, 0.25) is 5.91 Å². The first-order valence-electron chi connectivity index (χ1n) is 8.71. The minimum Gasteiger partial charge on any atom is -0.341 e. The number of halogens is 3. The highest BCUT2D eigenvalue weighted by atomic mass is 35.5. The quantitative estimate of drug-likeness (QED) is 0.768. The lowest BCUT2D eigenvalue weighted by Gasteiger charge is -2.22. The summed E-state index contributed by atoms with van der Waals surface area (Å²) >= 11 is 12.0. The van der Waals surface area contributed by atoms with Gasteiger partial charge in [-0.3, -0.25) is 9.59 Å². The van der Waals surface area contributed by atoms with Crippen LogP contribution in [0.15, 0.2) is 42.5 Å². The van der Waals surface area contributed by atoms with Crippen LogP contribution in [0, 0.1) is 5.82 Å². The fourth-order valence-corrected chi connectivity index (χ4v) is 3.59. The van der Waals surface area contributed by atoms with E-state index in [0.29, 0.717) is 42.6 Å². The molecule has 0 radical (unpaired) electrons. The lowest BCUT2D eigenvalue weighted by molar-refractivity contribution is -0.130. The zero-order valence-corrected chi connectivity index (χ0v) is 16.1. The normalized spacial score (nSPS) is 14.8. The van der Waals surface area contributed by atoms with E-state index in [2.05, 4.69) is 0 Å². The van der Waals surface area contributed by atoms with E-state index in [-0.39, 0.29) is 23.8 Å². The Labute approximate surface area is 167 Å². The average molecular weight is 409 g/mol. The number of carbonyl (C=O) groups is 2. The standard InChI is InChI=1S/C20H19Cl2FN2O2/c21-15-7-6-14(17(22)13-15)12-19(26)24-8-3-9-25(11-10-24)20(27)16-4-1-2-5-18(16)23/h1-2,4-7,13H,3,8-12H2. The van der Waals surface area contributed by atoms with E-state index in [0.717, 1.165) is 5.56 Å². The summed E-state index contributed by atoms with van der Waals surface area (Å²) in [6.07, 6.45) is 0.817. The Bertz CT molecular complexity index is 860. The molecule has 1 fully saturated rings. The highest BCUT2D eigenvalue weighted by molar-refractivity contribution is 6.35. The van der Waals surface area contributed by atoms with Crippen LogP contribution in [-0.2, 0) is 11.2 Å². The molecule has 7 heteroatoms. The summed E-state index contributed by atoms with van der Waals surface area (Å²) < 4.78 is 13.9. The predicted molar refractivity (Wildman–Crippen MR) is 104 cm³/mol. The van der Waals surface area contributed by atoms with Gasteiger partial charge in [0.1, 0.15) is 5.82 Å². The van der Waals surface area contributed by atoms with Gasteiger partial charge in [-0.05, 0) is 36.2 Å². The molecule has 2 amide bonds. The van der Waals surface area contributed by atoms with Crippen LogP contribution in [0.3, 0.4) is 0 Å². The van der Waals surface area contributed by atoms with Crippen LogP contribution < -0.4 is 0 Å². The first kappa shape index (κ1) is 19.6. The molecule has 0 spiro atoms. The van der Waals surface area contributed by atoms with Gasteiger partial charge in [0.15, 0.2) is 0 Å². The van der Waals surface area contributed by atoms with Crippen molar-refractivity contribution >= 4 is 35.0 Å². The summed E-state index contributed by atoms with van der Waals surface area (Å²) in [6.45, 7) is 1.81. The molecule has 0 saturated carbocycles. The lowest BCUT2D eigenvalue weighted by atomic mass is 10.1. The molecule has 1 heterocycles. The van der Waals surface area contributed by atoms with Crippen LogP contribution in [0.4, 0.5) is 4.39 Å². The van der Waals surface area contributed by atoms with Gasteiger partial charge in [0.05, 0.1) is 12.0 Å². The summed E-state index contributed by atoms with van der Waals surface area (Å²) in [5.74, 6) is -0.931. The highest BCUT2D eigenvalue weighted by Gasteiger charge is 2.24. The number of hydrogen-bond donors (Lipinski definition) is 0. The number of benzene rings is 2. The molecule has 0 unspecified atom stereocenters. The second kappa shape index (κ2) is 8.72. The molecule has 3 rings (SSSR count). The van der Waals surface area contributed by atoms with Gasteiger partial charge in [-0.2, -0.15) is 0 Å². The van der Waals surface area contributed by atoms with Crippen molar-refractivity contribution in [1.82, 2.24) is 9.80 Å². The molecule has 27 heavy (non-hydrogen) atoms. The minimum absolute atomic E-state index is 0.0561. The van der Waals surface area contributed by atoms with Crippen molar-refractivity contribution in [1.29, 1.82) is 0 Å². The molecule has 1 aliphatic heterocycles. The molecule has 2 aromatic carbocycles. The smallest absolute Gasteiger partial charge is 0.256 e. The number of nitrogens with zero attached hydrogens (tertiary/aromatic N) is 2. The van der Waals surface area contributed by atoms with E-state index >= 15 is 0 Å². The van der Waals surface area contributed by atoms with Crippen molar-refractivity contribution in [2.75, 3.05) is 26.2 Å². The van der Waals surface area contributed by atoms with Crippen molar-refractivity contribution in [3.05, 3.63) is 69.5 Å². The molecule has 1 aliphatic rings. The fourth-order valence-electron chi connectivity index (χ4n) is 3.11. The number of amides is 2. The highest BCUT2D eigenvalue weighted by Crippen LogP contribution is 2.22. The Kier molecular flexibility index (Phi) is 6.34. The second-order valence-electron chi connectivity index (χ2n) is 6.42. The number of hydrogen-bond acceptors (Lipinski definition) is 2. The molecular formula is C20H19Cl2FN2O2. The lowest BCUT2D eigenvalue weighted by Crippen LogP contribution is -2.38. The Morgan fingerprint density at radius 1 is 0.963 bits per heavy atom. The molecule has 1 saturated heterocycles. The molecular weight excluding hydrogens is 390 g/mol. The van der Waals surface area contributed by atoms with Crippen LogP contribution in [0.25, 0.3) is 0 Å². The summed E-state index contributed by atoms with van der Waals surface area (Å²) in [6, 6.07) is 11.0. The Balaban J connectivity index is 1.63. The third-order valence-electron chi connectivity index (χ3n) is 4.60. The van der Waals surface area contributed by atoms with Crippen LogP contribution in [-0.4, -0.2) is 47.8 Å². The third-order valence-corrected chi connectivity index (χ3v) is 5.18. The van der Waals surface area contributed by atoms with Gasteiger partial charge in [-0.15, -0.1) is 0 Å². The Morgan fingerprint density at radius 3 is 2.41 bits per heavy atom. The molecule has 0 atom stereocenters.